The van der Waals surface area contributed by atoms with Crippen molar-refractivity contribution in [2.24, 2.45) is 23.7 Å². The van der Waals surface area contributed by atoms with Gasteiger partial charge in [-0.1, -0.05) is 35.9 Å². The molecule has 2 amide bonds. The zero-order valence-corrected chi connectivity index (χ0v) is 16.2. The Bertz CT molecular complexity index is 1020. The molecule has 146 valence electrons. The molecule has 0 spiro atoms. The number of imide groups is 1. The van der Waals surface area contributed by atoms with Crippen LogP contribution in [0.15, 0.2) is 60.7 Å². The summed E-state index contributed by atoms with van der Waals surface area (Å²) in [5.41, 5.74) is 1.66. The summed E-state index contributed by atoms with van der Waals surface area (Å²) in [6.07, 6.45) is 5.04. The number of hydrogen-bond acceptors (Lipinski definition) is 4. The molecule has 0 N–H and O–H groups in total. The lowest BCUT2D eigenvalue weighted by Crippen LogP contribution is -2.32. The van der Waals surface area contributed by atoms with Crippen LogP contribution in [0, 0.1) is 23.7 Å². The number of carbonyl (C=O) groups is 3. The molecule has 5 rings (SSSR count). The fourth-order valence-corrected chi connectivity index (χ4v) is 4.98. The van der Waals surface area contributed by atoms with Crippen molar-refractivity contribution in [3.8, 4) is 0 Å². The molecule has 5 nitrogen and oxygen atoms in total. The van der Waals surface area contributed by atoms with Gasteiger partial charge in [0, 0.05) is 5.02 Å². The standard InChI is InChI=1S/C23H18ClNO4/c24-17-3-1-2-13(10-17)12-29-23(28)14-6-8-18(9-7-14)25-21(26)19-15-4-5-16(11-15)20(19)22(25)27/h1-10,15-16,19-20H,11-12H2. The number of anilines is 1. The van der Waals surface area contributed by atoms with Crippen molar-refractivity contribution >= 4 is 35.1 Å². The van der Waals surface area contributed by atoms with Gasteiger partial charge in [-0.25, -0.2) is 4.79 Å². The number of amides is 2. The number of ether oxygens (including phenoxy) is 1. The van der Waals surface area contributed by atoms with E-state index in [0.717, 1.165) is 12.0 Å². The van der Waals surface area contributed by atoms with Gasteiger partial charge < -0.3 is 4.74 Å². The third-order valence-corrected chi connectivity index (χ3v) is 6.33. The Balaban J connectivity index is 1.29. The average Bonchev–Trinajstić information content (AvgIpc) is 3.40. The van der Waals surface area contributed by atoms with Crippen LogP contribution in [0.4, 0.5) is 5.69 Å². The lowest BCUT2D eigenvalue weighted by atomic mass is 9.85. The summed E-state index contributed by atoms with van der Waals surface area (Å²) in [5, 5.41) is 0.580. The van der Waals surface area contributed by atoms with E-state index in [-0.39, 0.29) is 42.1 Å². The van der Waals surface area contributed by atoms with Crippen LogP contribution in [0.25, 0.3) is 0 Å². The van der Waals surface area contributed by atoms with Crippen LogP contribution in [0.2, 0.25) is 5.02 Å². The Kier molecular flexibility index (Phi) is 4.28. The van der Waals surface area contributed by atoms with Gasteiger partial charge in [0.25, 0.3) is 0 Å². The molecular weight excluding hydrogens is 390 g/mol. The van der Waals surface area contributed by atoms with Crippen LogP contribution in [0.1, 0.15) is 22.3 Å². The summed E-state index contributed by atoms with van der Waals surface area (Å²) in [5.74, 6) is -0.866. The molecule has 29 heavy (non-hydrogen) atoms. The van der Waals surface area contributed by atoms with Crippen molar-refractivity contribution in [3.05, 3.63) is 76.8 Å². The van der Waals surface area contributed by atoms with E-state index in [1.54, 1.807) is 42.5 Å². The van der Waals surface area contributed by atoms with E-state index in [9.17, 15) is 14.4 Å². The first-order valence-corrected chi connectivity index (χ1v) is 9.98. The summed E-state index contributed by atoms with van der Waals surface area (Å²) >= 11 is 5.93. The third kappa shape index (κ3) is 2.97. The summed E-state index contributed by atoms with van der Waals surface area (Å²) in [4.78, 5) is 39.3. The van der Waals surface area contributed by atoms with Crippen molar-refractivity contribution in [1.82, 2.24) is 0 Å². The van der Waals surface area contributed by atoms with Gasteiger partial charge in [0.05, 0.1) is 23.1 Å². The molecular formula is C23H18ClNO4. The SMILES string of the molecule is O=C(OCc1cccc(Cl)c1)c1ccc(N2C(=O)C3C4C=CC(C4)C3C2=O)cc1. The van der Waals surface area contributed by atoms with Crippen molar-refractivity contribution in [2.75, 3.05) is 4.90 Å². The van der Waals surface area contributed by atoms with E-state index < -0.39 is 5.97 Å². The van der Waals surface area contributed by atoms with Crippen molar-refractivity contribution in [2.45, 2.75) is 13.0 Å². The van der Waals surface area contributed by atoms with Gasteiger partial charge in [-0.05, 0) is 60.2 Å². The number of allylic oxidation sites excluding steroid dienone is 2. The van der Waals surface area contributed by atoms with Crippen molar-refractivity contribution in [1.29, 1.82) is 0 Å². The lowest BCUT2D eigenvalue weighted by Gasteiger charge is -2.17. The van der Waals surface area contributed by atoms with Crippen molar-refractivity contribution in [3.63, 3.8) is 0 Å². The third-order valence-electron chi connectivity index (χ3n) is 6.09. The summed E-state index contributed by atoms with van der Waals surface area (Å²) < 4.78 is 5.32. The number of hydrogen-bond donors (Lipinski definition) is 0. The first kappa shape index (κ1) is 18.1. The smallest absolute Gasteiger partial charge is 0.338 e. The summed E-state index contributed by atoms with van der Waals surface area (Å²) in [6.45, 7) is 0.114. The minimum absolute atomic E-state index is 0.114. The van der Waals surface area contributed by atoms with Gasteiger partial charge in [0.2, 0.25) is 11.8 Å². The van der Waals surface area contributed by atoms with E-state index in [1.165, 1.54) is 4.90 Å². The van der Waals surface area contributed by atoms with Gasteiger partial charge in [-0.15, -0.1) is 0 Å². The molecule has 2 fully saturated rings. The maximum Gasteiger partial charge on any atom is 0.338 e. The number of fused-ring (bicyclic) bond motifs is 5. The first-order chi connectivity index (χ1) is 14.0. The highest BCUT2D eigenvalue weighted by Gasteiger charge is 2.59. The highest BCUT2D eigenvalue weighted by Crippen LogP contribution is 2.53. The van der Waals surface area contributed by atoms with Crippen LogP contribution in [-0.2, 0) is 20.9 Å². The van der Waals surface area contributed by atoms with Gasteiger partial charge in [0.1, 0.15) is 6.61 Å². The minimum Gasteiger partial charge on any atom is -0.457 e. The number of benzene rings is 2. The maximum atomic E-state index is 12.9. The molecule has 1 saturated heterocycles. The summed E-state index contributed by atoms with van der Waals surface area (Å²) in [7, 11) is 0. The number of halogens is 1. The molecule has 4 unspecified atom stereocenters. The average molecular weight is 408 g/mol. The maximum absolute atomic E-state index is 12.9. The predicted molar refractivity (Wildman–Crippen MR) is 107 cm³/mol. The van der Waals surface area contributed by atoms with E-state index in [1.807, 2.05) is 6.07 Å². The number of esters is 1. The van der Waals surface area contributed by atoms with Gasteiger partial charge in [0.15, 0.2) is 0 Å². The minimum atomic E-state index is -0.477. The second-order valence-corrected chi connectivity index (χ2v) is 8.20. The molecule has 4 atom stereocenters. The monoisotopic (exact) mass is 407 g/mol. The quantitative estimate of drug-likeness (QED) is 0.436. The Morgan fingerprint density at radius 2 is 1.66 bits per heavy atom. The fourth-order valence-electron chi connectivity index (χ4n) is 4.76. The lowest BCUT2D eigenvalue weighted by molar-refractivity contribution is -0.123. The van der Waals surface area contributed by atoms with Crippen LogP contribution in [0.5, 0.6) is 0 Å². The highest BCUT2D eigenvalue weighted by molar-refractivity contribution is 6.30. The summed E-state index contributed by atoms with van der Waals surface area (Å²) in [6, 6.07) is 13.5. The topological polar surface area (TPSA) is 63.7 Å². The molecule has 1 heterocycles. The zero-order valence-electron chi connectivity index (χ0n) is 15.5. The molecule has 1 aliphatic heterocycles. The fraction of sp³-hybridized carbons (Fsp3) is 0.261. The molecule has 0 radical (unpaired) electrons. The molecule has 3 aliphatic rings. The molecule has 2 aliphatic carbocycles. The Labute approximate surface area is 172 Å². The van der Waals surface area contributed by atoms with Gasteiger partial charge in [-0.2, -0.15) is 0 Å². The number of rotatable bonds is 4. The largest absolute Gasteiger partial charge is 0.457 e. The molecule has 0 aromatic heterocycles. The second kappa shape index (κ2) is 6.85. The molecule has 2 aromatic rings. The van der Waals surface area contributed by atoms with E-state index in [2.05, 4.69) is 12.2 Å². The van der Waals surface area contributed by atoms with Crippen molar-refractivity contribution < 1.29 is 19.1 Å². The molecule has 2 bridgehead atoms. The Hall–Kier alpha value is -2.92. The number of carbonyl (C=O) groups excluding carboxylic acids is 3. The molecule has 1 saturated carbocycles. The van der Waals surface area contributed by atoms with Gasteiger partial charge in [-0.3, -0.25) is 14.5 Å². The number of nitrogens with zero attached hydrogens (tertiary/aromatic N) is 1. The van der Waals surface area contributed by atoms with Crippen LogP contribution in [0.3, 0.4) is 0 Å². The Morgan fingerprint density at radius 3 is 2.28 bits per heavy atom. The van der Waals surface area contributed by atoms with E-state index in [0.29, 0.717) is 16.3 Å². The van der Waals surface area contributed by atoms with E-state index in [4.69, 9.17) is 16.3 Å². The van der Waals surface area contributed by atoms with Crippen LogP contribution < -0.4 is 4.90 Å². The first-order valence-electron chi connectivity index (χ1n) is 9.61. The van der Waals surface area contributed by atoms with E-state index >= 15 is 0 Å². The molecule has 2 aromatic carbocycles. The zero-order chi connectivity index (χ0) is 20.1. The van der Waals surface area contributed by atoms with Crippen LogP contribution in [-0.4, -0.2) is 17.8 Å². The Morgan fingerprint density at radius 1 is 1.00 bits per heavy atom. The molecule has 6 heteroatoms. The normalized spacial score (nSPS) is 26.9. The van der Waals surface area contributed by atoms with Crippen LogP contribution >= 0.6 is 11.6 Å². The highest BCUT2D eigenvalue weighted by atomic mass is 35.5. The predicted octanol–water partition coefficient (Wildman–Crippen LogP) is 4.01. The second-order valence-electron chi connectivity index (χ2n) is 7.76. The van der Waals surface area contributed by atoms with Gasteiger partial charge >= 0.3 is 5.97 Å².